The monoisotopic (exact) mass is 1530 g/mol. The van der Waals surface area contributed by atoms with Gasteiger partial charge >= 0.3 is 30.0 Å². The molecule has 1 aliphatic heterocycles. The van der Waals surface area contributed by atoms with Crippen LogP contribution in [-0.4, -0.2) is 99.9 Å². The van der Waals surface area contributed by atoms with Crippen molar-refractivity contribution >= 4 is 35.8 Å². The zero-order valence-electron chi connectivity index (χ0n) is 58.3. The maximum Gasteiger partial charge on any atom is 0.408 e. The number of benzene rings is 2. The van der Waals surface area contributed by atoms with Crippen LogP contribution in [0.25, 0.3) is 0 Å². The number of carbonyl (C=O) groups is 6. The fraction of sp³-hybridized carbons (Fsp3) is 0.500. The number of rotatable bonds is 33. The zero-order valence-corrected chi connectivity index (χ0v) is 63.1. The fourth-order valence-corrected chi connectivity index (χ4v) is 13.1. The molecule has 2 bridgehead atoms. The van der Waals surface area contributed by atoms with Crippen LogP contribution in [0.4, 0.5) is 4.79 Å². The normalized spacial score (nSPS) is 25.7. The van der Waals surface area contributed by atoms with Crippen molar-refractivity contribution in [2.45, 2.75) is 225 Å². The first-order valence-corrected chi connectivity index (χ1v) is 34.2. The first kappa shape index (κ1) is 80.4. The van der Waals surface area contributed by atoms with Crippen molar-refractivity contribution in [2.24, 2.45) is 22.7 Å². The van der Waals surface area contributed by atoms with Gasteiger partial charge in [0, 0.05) is 81.1 Å². The van der Waals surface area contributed by atoms with E-state index in [1.165, 1.54) is 19.1 Å². The Hall–Kier alpha value is -6.28. The summed E-state index contributed by atoms with van der Waals surface area (Å²) in [5, 5.41) is 30.4. The number of ketones is 1. The SMILES string of the molecule is CC/C=C\C/C=C\C/C=C\C/C=C\C/C=C\CCC(=O)OC1C(=O)C2(C)C(OC(=O)CC/C=C\C/C=C\C/C=C\C/C=C\C/C=C\CC)CC3OCC3(O)C2C(OC(=O)c2ccccc2)C2(O)CC(OC(=O)C(C)C(NC(=O)OC(C)(C)C)c3ccccc3)C(C)=C1C2(C)C.[Ac]. The van der Waals surface area contributed by atoms with Crippen LogP contribution in [0.1, 0.15) is 194 Å². The average molecular weight is 1530 g/mol. The third-order valence-electron chi connectivity index (χ3n) is 18.4. The van der Waals surface area contributed by atoms with Gasteiger partial charge in [0.2, 0.25) is 0 Å². The minimum absolute atomic E-state index is 0. The van der Waals surface area contributed by atoms with Crippen molar-refractivity contribution in [3.63, 3.8) is 0 Å². The topological polar surface area (TPSA) is 210 Å². The number of carbonyl (C=O) groups excluding carboxylic acids is 6. The minimum atomic E-state index is -2.39. The quantitative estimate of drug-likeness (QED) is 0.0345. The number of amides is 1. The second-order valence-electron chi connectivity index (χ2n) is 26.8. The van der Waals surface area contributed by atoms with Crippen molar-refractivity contribution in [1.82, 2.24) is 5.32 Å². The molecular weight excluding hydrogens is 1430 g/mol. The molecule has 11 unspecified atom stereocenters. The molecule has 96 heavy (non-hydrogen) atoms. The summed E-state index contributed by atoms with van der Waals surface area (Å²) in [6.45, 7) is 17.0. The first-order valence-electron chi connectivity index (χ1n) is 34.2. The average Bonchev–Trinajstić information content (AvgIpc) is 0.672. The van der Waals surface area contributed by atoms with Gasteiger partial charge in [-0.15, -0.1) is 0 Å². The Morgan fingerprint density at radius 3 is 1.53 bits per heavy atom. The Bertz CT molecular complexity index is 3220. The molecule has 1 heterocycles. The molecule has 517 valence electrons. The standard InChI is InChI=1S/C80H105NO14.Ac/c1-11-13-15-17-19-21-23-25-27-29-31-33-35-37-39-47-53-65(82)92-63-55-64-79(88,57-90-64)70-72(94-74(86)61-51-45-42-46-52-61)80(89)56-62(91-73(85)59(4)68(60-49-43-41-44-50-60)81-75(87)95-76(5,6)7)58(3)67(77(80,8)9)69(71(84)78(63,70)10)93-66(83)54-48-40-38-36-34-32-30-28-26-24-22-20-18-16-14-12-2;/h13-16,19-22,25-28,31-34,37-46,49-52,59,62-64,68-70,72,88-89H,11-12,17-18,23-24,29-30,35-36,47-48,53-57H2,1-10H3,(H,81,87);/b15-13-,16-14-,21-19-,22-20-,27-25-,28-26-,33-31-,34-32-,39-37-,40-38-;. The van der Waals surface area contributed by atoms with E-state index in [-0.39, 0.29) is 93.1 Å². The van der Waals surface area contributed by atoms with Crippen LogP contribution in [-0.2, 0) is 47.6 Å². The van der Waals surface area contributed by atoms with Gasteiger partial charge in [-0.2, -0.15) is 0 Å². The van der Waals surface area contributed by atoms with Gasteiger partial charge < -0.3 is 44.0 Å². The van der Waals surface area contributed by atoms with E-state index >= 15 is 4.79 Å². The molecule has 3 aliphatic carbocycles. The molecule has 1 amide bonds. The number of hydrogen-bond acceptors (Lipinski definition) is 14. The van der Waals surface area contributed by atoms with Crippen LogP contribution in [0.15, 0.2) is 193 Å². The van der Waals surface area contributed by atoms with Gasteiger partial charge in [0.1, 0.15) is 35.1 Å². The number of nitrogens with one attached hydrogen (secondary N) is 1. The van der Waals surface area contributed by atoms with Crippen LogP contribution >= 0.6 is 0 Å². The van der Waals surface area contributed by atoms with Crippen molar-refractivity contribution in [1.29, 1.82) is 0 Å². The summed E-state index contributed by atoms with van der Waals surface area (Å²) in [7, 11) is 0. The fourth-order valence-electron chi connectivity index (χ4n) is 13.1. The predicted molar refractivity (Wildman–Crippen MR) is 372 cm³/mol. The van der Waals surface area contributed by atoms with Gasteiger partial charge in [0.05, 0.1) is 35.6 Å². The van der Waals surface area contributed by atoms with Crippen LogP contribution < -0.4 is 5.32 Å². The van der Waals surface area contributed by atoms with Crippen LogP contribution in [0.3, 0.4) is 0 Å². The zero-order chi connectivity index (χ0) is 69.1. The van der Waals surface area contributed by atoms with E-state index in [2.05, 4.69) is 104 Å². The first-order chi connectivity index (χ1) is 45.4. The summed E-state index contributed by atoms with van der Waals surface area (Å²) in [6.07, 6.45) is 41.3. The van der Waals surface area contributed by atoms with E-state index in [4.69, 9.17) is 28.4 Å². The van der Waals surface area contributed by atoms with Crippen molar-refractivity contribution in [3.05, 3.63) is 204 Å². The molecule has 2 aromatic carbocycles. The summed E-state index contributed by atoms with van der Waals surface area (Å²) in [6, 6.07) is 15.9. The summed E-state index contributed by atoms with van der Waals surface area (Å²) in [5.74, 6) is -6.68. The van der Waals surface area contributed by atoms with E-state index in [0.717, 1.165) is 51.4 Å². The van der Waals surface area contributed by atoms with E-state index in [9.17, 15) is 34.2 Å². The Labute approximate surface area is 607 Å². The number of ether oxygens (including phenoxy) is 6. The van der Waals surface area contributed by atoms with Gasteiger partial charge in [0.25, 0.3) is 0 Å². The molecule has 6 rings (SSSR count). The van der Waals surface area contributed by atoms with Crippen LogP contribution in [0.5, 0.6) is 0 Å². The number of allylic oxidation sites excluding steroid dienone is 20. The molecule has 1 radical (unpaired) electrons. The summed E-state index contributed by atoms with van der Waals surface area (Å²) >= 11 is 0. The third kappa shape index (κ3) is 22.1. The number of esters is 4. The molecule has 11 atom stereocenters. The molecule has 2 aromatic rings. The van der Waals surface area contributed by atoms with Crippen LogP contribution in [0, 0.1) is 66.7 Å². The van der Waals surface area contributed by atoms with Gasteiger partial charge in [-0.3, -0.25) is 19.2 Å². The summed E-state index contributed by atoms with van der Waals surface area (Å²) < 4.78 is 37.8. The Morgan fingerprint density at radius 1 is 0.635 bits per heavy atom. The van der Waals surface area contributed by atoms with Crippen LogP contribution in [0.2, 0.25) is 0 Å². The molecule has 0 aromatic heterocycles. The van der Waals surface area contributed by atoms with E-state index in [1.807, 2.05) is 36.5 Å². The summed E-state index contributed by atoms with van der Waals surface area (Å²) in [5.41, 5.74) is -8.07. The summed E-state index contributed by atoms with van der Waals surface area (Å²) in [4.78, 5) is 88.8. The van der Waals surface area contributed by atoms with Gasteiger partial charge in [-0.25, -0.2) is 9.59 Å². The van der Waals surface area contributed by atoms with Crippen molar-refractivity contribution in [3.8, 4) is 0 Å². The Kier molecular flexibility index (Phi) is 33.0. The Morgan fingerprint density at radius 2 is 1.08 bits per heavy atom. The number of fused-ring (bicyclic) bond motifs is 5. The second kappa shape index (κ2) is 39.3. The van der Waals surface area contributed by atoms with Crippen molar-refractivity contribution in [2.75, 3.05) is 6.61 Å². The number of Topliss-reactive ketones (excluding diaryl/α,β-unsaturated/α-hetero) is 1. The molecule has 3 fully saturated rings. The largest absolute Gasteiger partial charge is 0.461 e. The van der Waals surface area contributed by atoms with Gasteiger partial charge in [-0.1, -0.05) is 198 Å². The minimum Gasteiger partial charge on any atom is -0.461 e. The van der Waals surface area contributed by atoms with E-state index < -0.39 is 118 Å². The predicted octanol–water partition coefficient (Wildman–Crippen LogP) is 16.1. The number of alkyl carbamates (subject to hydrolysis) is 1. The third-order valence-corrected chi connectivity index (χ3v) is 18.4. The van der Waals surface area contributed by atoms with Crippen molar-refractivity contribution < 1.29 is 111 Å². The van der Waals surface area contributed by atoms with E-state index in [0.29, 0.717) is 24.8 Å². The molecule has 1 saturated heterocycles. The second-order valence-corrected chi connectivity index (χ2v) is 26.8. The maximum atomic E-state index is 16.7. The molecule has 16 heteroatoms. The van der Waals surface area contributed by atoms with Gasteiger partial charge in [-0.05, 0) is 147 Å². The molecule has 4 aliphatic rings. The number of hydrogen-bond donors (Lipinski definition) is 3. The number of aliphatic hydroxyl groups is 2. The van der Waals surface area contributed by atoms with E-state index in [1.54, 1.807) is 97.0 Å². The molecular formula is C80H105AcNO14. The van der Waals surface area contributed by atoms with Gasteiger partial charge in [0.15, 0.2) is 11.9 Å². The molecule has 15 nitrogen and oxygen atoms in total. The molecule has 2 saturated carbocycles. The molecule has 3 N–H and O–H groups in total. The smallest absolute Gasteiger partial charge is 0.408 e. The maximum absolute atomic E-state index is 16.7. The molecule has 0 spiro atoms. The Balaban J connectivity index is 0.0000167.